The first-order chi connectivity index (χ1) is 8.69. The van der Waals surface area contributed by atoms with Crippen LogP contribution in [0.1, 0.15) is 16.1 Å². The minimum atomic E-state index is -0.213. The second-order valence-electron chi connectivity index (χ2n) is 3.75. The number of rotatable bonds is 4. The Hall–Kier alpha value is -2.50. The first-order valence-electron chi connectivity index (χ1n) is 5.39. The van der Waals surface area contributed by atoms with Crippen LogP contribution >= 0.6 is 0 Å². The molecule has 94 valence electrons. The maximum Gasteiger partial charge on any atom is 0.251 e. The molecule has 6 heteroatoms. The Morgan fingerprint density at radius 2 is 2.33 bits per heavy atom. The molecule has 0 aliphatic heterocycles. The van der Waals surface area contributed by atoms with Gasteiger partial charge in [-0.25, -0.2) is 4.98 Å². The second kappa shape index (κ2) is 5.22. The normalized spacial score (nSPS) is 10.1. The summed E-state index contributed by atoms with van der Waals surface area (Å²) < 4.78 is 5.06. The number of hydrogen-bond donors (Lipinski definition) is 3. The number of imidazole rings is 1. The van der Waals surface area contributed by atoms with Crippen LogP contribution in [0.25, 0.3) is 0 Å². The molecule has 0 atom stereocenters. The number of nitrogens with zero attached hydrogens (tertiary/aromatic N) is 1. The average molecular weight is 246 g/mol. The van der Waals surface area contributed by atoms with Crippen LogP contribution in [0.3, 0.4) is 0 Å². The van der Waals surface area contributed by atoms with Gasteiger partial charge in [-0.3, -0.25) is 4.79 Å². The fraction of sp³-hybridized carbons (Fsp3) is 0.167. The third kappa shape index (κ3) is 2.79. The summed E-state index contributed by atoms with van der Waals surface area (Å²) in [5.74, 6) is 0.344. The minimum absolute atomic E-state index is 0.213. The zero-order chi connectivity index (χ0) is 13.0. The number of H-pyrrole nitrogens is 1. The smallest absolute Gasteiger partial charge is 0.251 e. The van der Waals surface area contributed by atoms with E-state index in [1.54, 1.807) is 30.7 Å². The van der Waals surface area contributed by atoms with E-state index in [9.17, 15) is 4.79 Å². The summed E-state index contributed by atoms with van der Waals surface area (Å²) in [5.41, 5.74) is 7.47. The lowest BCUT2D eigenvalue weighted by atomic mass is 10.1. The first kappa shape index (κ1) is 12.0. The highest BCUT2D eigenvalue weighted by atomic mass is 16.5. The van der Waals surface area contributed by atoms with Crippen LogP contribution in [0.4, 0.5) is 5.69 Å². The van der Waals surface area contributed by atoms with Crippen molar-refractivity contribution in [2.75, 3.05) is 12.8 Å². The van der Waals surface area contributed by atoms with Gasteiger partial charge in [0, 0.05) is 23.5 Å². The summed E-state index contributed by atoms with van der Waals surface area (Å²) in [6, 6.07) is 4.90. The fourth-order valence-electron chi connectivity index (χ4n) is 1.53. The van der Waals surface area contributed by atoms with Crippen molar-refractivity contribution in [2.24, 2.45) is 0 Å². The summed E-state index contributed by atoms with van der Waals surface area (Å²) in [6.45, 7) is 0.385. The topological polar surface area (TPSA) is 93.0 Å². The molecule has 0 saturated carbocycles. The lowest BCUT2D eigenvalue weighted by Gasteiger charge is -2.07. The number of nitrogens with one attached hydrogen (secondary N) is 2. The van der Waals surface area contributed by atoms with E-state index in [0.29, 0.717) is 23.5 Å². The zero-order valence-corrected chi connectivity index (χ0v) is 9.93. The van der Waals surface area contributed by atoms with Crippen LogP contribution in [0, 0.1) is 0 Å². The number of anilines is 1. The summed E-state index contributed by atoms with van der Waals surface area (Å²) >= 11 is 0. The van der Waals surface area contributed by atoms with E-state index in [1.165, 1.54) is 7.11 Å². The molecule has 0 spiro atoms. The Morgan fingerprint density at radius 1 is 1.50 bits per heavy atom. The molecule has 0 fully saturated rings. The van der Waals surface area contributed by atoms with Gasteiger partial charge in [0.2, 0.25) is 0 Å². The van der Waals surface area contributed by atoms with Gasteiger partial charge < -0.3 is 20.8 Å². The number of methoxy groups -OCH3 is 1. The van der Waals surface area contributed by atoms with Gasteiger partial charge in [0.15, 0.2) is 0 Å². The Kier molecular flexibility index (Phi) is 3.47. The molecule has 1 amide bonds. The van der Waals surface area contributed by atoms with Gasteiger partial charge in [0.25, 0.3) is 5.91 Å². The molecule has 4 N–H and O–H groups in total. The van der Waals surface area contributed by atoms with Gasteiger partial charge in [-0.15, -0.1) is 0 Å². The Morgan fingerprint density at radius 3 is 3.00 bits per heavy atom. The van der Waals surface area contributed by atoms with Crippen molar-refractivity contribution >= 4 is 11.6 Å². The van der Waals surface area contributed by atoms with Crippen LogP contribution in [-0.4, -0.2) is 23.0 Å². The van der Waals surface area contributed by atoms with E-state index in [-0.39, 0.29) is 5.91 Å². The van der Waals surface area contributed by atoms with Gasteiger partial charge in [-0.2, -0.15) is 0 Å². The van der Waals surface area contributed by atoms with Gasteiger partial charge in [0.05, 0.1) is 25.7 Å². The largest absolute Gasteiger partial charge is 0.497 e. The van der Waals surface area contributed by atoms with E-state index in [4.69, 9.17) is 10.5 Å². The summed E-state index contributed by atoms with van der Waals surface area (Å²) in [4.78, 5) is 18.7. The number of benzene rings is 1. The predicted molar refractivity (Wildman–Crippen MR) is 67.2 cm³/mol. The molecule has 0 aliphatic carbocycles. The van der Waals surface area contributed by atoms with Crippen LogP contribution in [0.2, 0.25) is 0 Å². The number of hydrogen-bond acceptors (Lipinski definition) is 4. The Labute approximate surface area is 104 Å². The zero-order valence-electron chi connectivity index (χ0n) is 9.93. The number of amides is 1. The molecule has 1 aromatic carbocycles. The van der Waals surface area contributed by atoms with Gasteiger partial charge in [0.1, 0.15) is 5.75 Å². The van der Waals surface area contributed by atoms with Crippen molar-refractivity contribution in [3.63, 3.8) is 0 Å². The number of aromatic nitrogens is 2. The summed E-state index contributed by atoms with van der Waals surface area (Å²) in [7, 11) is 1.53. The van der Waals surface area contributed by atoms with Gasteiger partial charge >= 0.3 is 0 Å². The molecular formula is C12H14N4O2. The van der Waals surface area contributed by atoms with Crippen molar-refractivity contribution in [2.45, 2.75) is 6.54 Å². The lowest BCUT2D eigenvalue weighted by Crippen LogP contribution is -2.23. The average Bonchev–Trinajstić information content (AvgIpc) is 2.88. The van der Waals surface area contributed by atoms with E-state index >= 15 is 0 Å². The van der Waals surface area contributed by atoms with Crippen molar-refractivity contribution in [3.8, 4) is 5.75 Å². The number of ether oxygens (including phenoxy) is 1. The first-order valence-corrected chi connectivity index (χ1v) is 5.39. The molecule has 2 rings (SSSR count). The van der Waals surface area contributed by atoms with Gasteiger partial charge in [-0.1, -0.05) is 0 Å². The Balaban J connectivity index is 2.06. The minimum Gasteiger partial charge on any atom is -0.497 e. The molecule has 2 aromatic rings. The highest BCUT2D eigenvalue weighted by Gasteiger charge is 2.08. The third-order valence-corrected chi connectivity index (χ3v) is 2.42. The lowest BCUT2D eigenvalue weighted by molar-refractivity contribution is 0.0950. The molecule has 0 unspecified atom stereocenters. The van der Waals surface area contributed by atoms with Crippen LogP contribution < -0.4 is 15.8 Å². The monoisotopic (exact) mass is 246 g/mol. The summed E-state index contributed by atoms with van der Waals surface area (Å²) in [5, 5.41) is 2.76. The third-order valence-electron chi connectivity index (χ3n) is 2.42. The van der Waals surface area contributed by atoms with Crippen LogP contribution in [0.15, 0.2) is 30.7 Å². The Bertz CT molecular complexity index is 537. The quantitative estimate of drug-likeness (QED) is 0.700. The number of nitrogens with two attached hydrogens (primary N) is 1. The summed E-state index contributed by atoms with van der Waals surface area (Å²) in [6.07, 6.45) is 3.21. The standard InChI is InChI=1S/C12H14N4O2/c1-18-11-3-8(2-9(13)4-11)12(17)15-6-10-5-14-7-16-10/h2-5,7H,6,13H2,1H3,(H,14,16)(H,15,17). The molecule has 1 heterocycles. The molecule has 0 saturated heterocycles. The number of aromatic amines is 1. The number of carbonyl (C=O) groups excluding carboxylic acids is 1. The van der Waals surface area contributed by atoms with E-state index in [1.807, 2.05) is 0 Å². The van der Waals surface area contributed by atoms with Crippen molar-refractivity contribution in [3.05, 3.63) is 42.0 Å². The van der Waals surface area contributed by atoms with E-state index in [2.05, 4.69) is 15.3 Å². The molecule has 18 heavy (non-hydrogen) atoms. The van der Waals surface area contributed by atoms with Crippen molar-refractivity contribution in [1.29, 1.82) is 0 Å². The highest BCUT2D eigenvalue weighted by molar-refractivity contribution is 5.95. The fourth-order valence-corrected chi connectivity index (χ4v) is 1.53. The maximum absolute atomic E-state index is 11.9. The van der Waals surface area contributed by atoms with Crippen LogP contribution in [-0.2, 0) is 6.54 Å². The van der Waals surface area contributed by atoms with Gasteiger partial charge in [-0.05, 0) is 12.1 Å². The molecule has 0 bridgehead atoms. The van der Waals surface area contributed by atoms with E-state index in [0.717, 1.165) is 5.69 Å². The molecule has 1 aromatic heterocycles. The maximum atomic E-state index is 11.9. The predicted octanol–water partition coefficient (Wildman–Crippen LogP) is 0.930. The van der Waals surface area contributed by atoms with Crippen molar-refractivity contribution < 1.29 is 9.53 Å². The molecule has 0 radical (unpaired) electrons. The second-order valence-corrected chi connectivity index (χ2v) is 3.75. The van der Waals surface area contributed by atoms with E-state index < -0.39 is 0 Å². The molecule has 0 aliphatic rings. The number of nitrogen functional groups attached to an aromatic ring is 1. The van der Waals surface area contributed by atoms with Crippen molar-refractivity contribution in [1.82, 2.24) is 15.3 Å². The number of carbonyl (C=O) groups is 1. The molecule has 6 nitrogen and oxygen atoms in total. The SMILES string of the molecule is COc1cc(N)cc(C(=O)NCc2cnc[nH]2)c1. The highest BCUT2D eigenvalue weighted by Crippen LogP contribution is 2.18. The van der Waals surface area contributed by atoms with Crippen LogP contribution in [0.5, 0.6) is 5.75 Å². The molecular weight excluding hydrogens is 232 g/mol.